The van der Waals surface area contributed by atoms with Crippen LogP contribution in [0.2, 0.25) is 0 Å². The van der Waals surface area contributed by atoms with Crippen LogP contribution in [0.25, 0.3) is 80.5 Å². The molecule has 302 valence electrons. The average Bonchev–Trinajstić information content (AvgIpc) is 3.88. The van der Waals surface area contributed by atoms with Crippen molar-refractivity contribution in [1.82, 2.24) is 0 Å². The van der Waals surface area contributed by atoms with Gasteiger partial charge in [0.2, 0.25) is 0 Å². The van der Waals surface area contributed by atoms with E-state index < -0.39 is 0 Å². The molecule has 64 heavy (non-hydrogen) atoms. The predicted molar refractivity (Wildman–Crippen MR) is 269 cm³/mol. The van der Waals surface area contributed by atoms with Gasteiger partial charge in [-0.15, -0.1) is 11.3 Å². The van der Waals surface area contributed by atoms with Crippen LogP contribution in [0, 0.1) is 18.1 Å². The van der Waals surface area contributed by atoms with Gasteiger partial charge in [0.1, 0.15) is 11.2 Å². The van der Waals surface area contributed by atoms with E-state index in [1.165, 1.54) is 58.4 Å². The molecule has 2 atom stereocenters. The summed E-state index contributed by atoms with van der Waals surface area (Å²) in [5.74, 6) is 0.853. The minimum absolute atomic E-state index is 0.0588. The lowest BCUT2D eigenvalue weighted by molar-refractivity contribution is 0.647. The molecule has 0 N–H and O–H groups in total. The molecule has 0 fully saturated rings. The van der Waals surface area contributed by atoms with Crippen LogP contribution >= 0.6 is 11.3 Å². The van der Waals surface area contributed by atoms with Gasteiger partial charge in [-0.1, -0.05) is 159 Å². The van der Waals surface area contributed by atoms with Crippen LogP contribution in [0.3, 0.4) is 0 Å². The lowest BCUT2D eigenvalue weighted by Crippen LogP contribution is -2.17. The molecule has 0 saturated heterocycles. The van der Waals surface area contributed by atoms with Gasteiger partial charge in [0, 0.05) is 70.6 Å². The molecule has 1 aliphatic carbocycles. The molecule has 2 aliphatic rings. The number of hydrogen-bond acceptors (Lipinski definition) is 4. The van der Waals surface area contributed by atoms with Crippen molar-refractivity contribution in [3.8, 4) is 11.1 Å². The standard InChI is InChI=1S/C60H40N2OS/c1-36-28-33-53(49-25-13-24-48-45-21-9-11-27-55(45)64-59(48)49)61-60(62-57(36)46-23-12-17-37-14-4-5-18-41(37)46)51-32-31-47(58-56(51)50-22-8-10-26-54(50)63-58)44-30-29-40-34-38-15-2-3-16-39(38)35-52(40)43-20-7-6-19-42(43)44/h2-6,8-19,21-27,31-36,44H,28-30H2,1H3/b53-33+,61-60-,62-57+/t36-,44?/m1/s1. The third-order valence-electron chi connectivity index (χ3n) is 13.7. The highest BCUT2D eigenvalue weighted by molar-refractivity contribution is 7.26. The third-order valence-corrected chi connectivity index (χ3v) is 14.9. The zero-order valence-corrected chi connectivity index (χ0v) is 36.0. The highest BCUT2D eigenvalue weighted by Gasteiger charge is 2.30. The number of fused-ring (bicyclic) bond motifs is 11. The number of aliphatic imine (C=N–C) groups is 2. The number of para-hydroxylation sites is 1. The van der Waals surface area contributed by atoms with E-state index >= 15 is 0 Å². The molecule has 2 aromatic heterocycles. The molecule has 13 rings (SSSR count). The van der Waals surface area contributed by atoms with Crippen LogP contribution in [-0.4, -0.2) is 11.5 Å². The molecule has 3 heterocycles. The second-order valence-corrected chi connectivity index (χ2v) is 18.4. The molecular weight excluding hydrogens is 797 g/mol. The molecule has 0 saturated carbocycles. The zero-order valence-electron chi connectivity index (χ0n) is 35.2. The van der Waals surface area contributed by atoms with Crippen LogP contribution in [0.1, 0.15) is 59.1 Å². The van der Waals surface area contributed by atoms with Gasteiger partial charge in [0.25, 0.3) is 0 Å². The van der Waals surface area contributed by atoms with Crippen LogP contribution < -0.4 is 0 Å². The van der Waals surface area contributed by atoms with Crippen molar-refractivity contribution in [2.24, 2.45) is 15.9 Å². The van der Waals surface area contributed by atoms with Crippen molar-refractivity contribution in [2.75, 3.05) is 0 Å². The molecule has 9 aromatic carbocycles. The fourth-order valence-corrected chi connectivity index (χ4v) is 11.8. The number of amidine groups is 1. The van der Waals surface area contributed by atoms with Gasteiger partial charge < -0.3 is 4.42 Å². The first-order chi connectivity index (χ1) is 31.6. The second-order valence-electron chi connectivity index (χ2n) is 17.4. The van der Waals surface area contributed by atoms with E-state index in [-0.39, 0.29) is 11.8 Å². The topological polar surface area (TPSA) is 37.9 Å². The van der Waals surface area contributed by atoms with E-state index in [0.717, 1.165) is 80.4 Å². The van der Waals surface area contributed by atoms with Crippen molar-refractivity contribution in [3.63, 3.8) is 0 Å². The molecule has 0 amide bonds. The normalized spacial score (nSPS) is 18.9. The van der Waals surface area contributed by atoms with E-state index in [0.29, 0.717) is 5.84 Å². The number of rotatable bonds is 4. The highest BCUT2D eigenvalue weighted by atomic mass is 32.1. The molecule has 11 aromatic rings. The summed E-state index contributed by atoms with van der Waals surface area (Å²) in [7, 11) is 0. The van der Waals surface area contributed by atoms with Gasteiger partial charge in [0.15, 0.2) is 5.84 Å². The van der Waals surface area contributed by atoms with E-state index in [2.05, 4.69) is 189 Å². The molecule has 0 spiro atoms. The molecule has 1 unspecified atom stereocenters. The number of nitrogens with zero attached hydrogens (tertiary/aromatic N) is 2. The summed E-state index contributed by atoms with van der Waals surface area (Å²) < 4.78 is 9.60. The Balaban J connectivity index is 1.05. The quantitative estimate of drug-likeness (QED) is 0.174. The van der Waals surface area contributed by atoms with Crippen LogP contribution in [0.4, 0.5) is 0 Å². The maximum absolute atomic E-state index is 7.08. The molecule has 0 bridgehead atoms. The lowest BCUT2D eigenvalue weighted by Gasteiger charge is -2.21. The lowest BCUT2D eigenvalue weighted by atomic mass is 9.84. The minimum atomic E-state index is 0.0588. The Labute approximate surface area is 375 Å². The number of benzene rings is 8. The first kappa shape index (κ1) is 37.0. The number of allylic oxidation sites excluding steroid dienone is 1. The first-order valence-electron chi connectivity index (χ1n) is 22.3. The number of hydrogen-bond donors (Lipinski definition) is 0. The van der Waals surface area contributed by atoms with Crippen LogP contribution in [-0.2, 0) is 6.42 Å². The van der Waals surface area contributed by atoms with Crippen LogP contribution in [0.5, 0.6) is 0 Å². The Morgan fingerprint density at radius 3 is 2.25 bits per heavy atom. The van der Waals surface area contributed by atoms with E-state index in [1.807, 2.05) is 17.4 Å². The van der Waals surface area contributed by atoms with Gasteiger partial charge >= 0.3 is 0 Å². The smallest absolute Gasteiger partial charge is 0.160 e. The largest absolute Gasteiger partial charge is 0.456 e. The van der Waals surface area contributed by atoms with Crippen molar-refractivity contribution in [1.29, 1.82) is 0 Å². The number of aryl methyl sites for hydroxylation is 1. The molecule has 4 heteroatoms. The Kier molecular flexibility index (Phi) is 8.54. The maximum atomic E-state index is 7.08. The fraction of sp³-hybridized carbons (Fsp3) is 0.100. The van der Waals surface area contributed by atoms with Gasteiger partial charge in [-0.05, 0) is 93.9 Å². The average molecular weight is 837 g/mol. The maximum Gasteiger partial charge on any atom is 0.160 e. The Morgan fingerprint density at radius 2 is 1.34 bits per heavy atom. The van der Waals surface area contributed by atoms with Crippen molar-refractivity contribution in [3.05, 3.63) is 221 Å². The zero-order chi connectivity index (χ0) is 42.3. The van der Waals surface area contributed by atoms with Crippen molar-refractivity contribution >= 4 is 92.2 Å². The Morgan fingerprint density at radius 1 is 0.609 bits per heavy atom. The molecule has 1 aliphatic heterocycles. The summed E-state index contributed by atoms with van der Waals surface area (Å²) in [5.41, 5.74) is 13.1. The van der Waals surface area contributed by atoms with Gasteiger partial charge in [0.05, 0.1) is 11.4 Å². The summed E-state index contributed by atoms with van der Waals surface area (Å²) >= 11 is 1.84. The summed E-state index contributed by atoms with van der Waals surface area (Å²) in [6.07, 6.45) is 5.00. The summed E-state index contributed by atoms with van der Waals surface area (Å²) in [6, 6.07) is 68.2. The molecule has 3 nitrogen and oxygen atoms in total. The monoisotopic (exact) mass is 836 g/mol. The highest BCUT2D eigenvalue weighted by Crippen LogP contribution is 2.46. The third kappa shape index (κ3) is 5.89. The van der Waals surface area contributed by atoms with Crippen molar-refractivity contribution in [2.45, 2.75) is 32.1 Å². The van der Waals surface area contributed by atoms with Gasteiger partial charge in [-0.3, -0.25) is 0 Å². The SMILES string of the molecule is C[C@@H]1C/C=C(c2cccc3c2sc2ccccc23)/N=C(c2ccc(C3CCc4cc5ccccc5cc4-c4c#cccc43)c3oc4ccccc4c23)\N=C/1c1cccc2ccccc12. The summed E-state index contributed by atoms with van der Waals surface area (Å²) in [5, 5.41) is 9.53. The second kappa shape index (κ2) is 14.8. The van der Waals surface area contributed by atoms with Crippen LogP contribution in [0.15, 0.2) is 190 Å². The van der Waals surface area contributed by atoms with Gasteiger partial charge in [-0.25, -0.2) is 9.98 Å². The van der Waals surface area contributed by atoms with E-state index in [1.54, 1.807) is 0 Å². The number of thiophene rings is 1. The Hall–Kier alpha value is -7.58. The first-order valence-corrected chi connectivity index (χ1v) is 23.1. The molecule has 0 radical (unpaired) electrons. The van der Waals surface area contributed by atoms with Gasteiger partial charge in [-0.2, -0.15) is 0 Å². The predicted octanol–water partition coefficient (Wildman–Crippen LogP) is 15.9. The number of furan rings is 1. The fourth-order valence-electron chi connectivity index (χ4n) is 10.6. The summed E-state index contributed by atoms with van der Waals surface area (Å²) in [6.45, 7) is 2.31. The van der Waals surface area contributed by atoms with Crippen molar-refractivity contribution < 1.29 is 4.42 Å². The van der Waals surface area contributed by atoms with E-state index in [9.17, 15) is 0 Å². The van der Waals surface area contributed by atoms with E-state index in [4.69, 9.17) is 14.4 Å². The summed E-state index contributed by atoms with van der Waals surface area (Å²) in [4.78, 5) is 11.5. The Bertz CT molecular complexity index is 3800. The minimum Gasteiger partial charge on any atom is -0.456 e. The molecular formula is C60H40N2OS.